The number of aromatic amines is 1. The third kappa shape index (κ3) is 3.10. The van der Waals surface area contributed by atoms with E-state index >= 15 is 0 Å². The van der Waals surface area contributed by atoms with Crippen molar-refractivity contribution in [2.45, 2.75) is 46.6 Å². The fourth-order valence-electron chi connectivity index (χ4n) is 2.09. The van der Waals surface area contributed by atoms with Crippen molar-refractivity contribution in [3.63, 3.8) is 0 Å². The molecule has 0 bridgehead atoms. The summed E-state index contributed by atoms with van der Waals surface area (Å²) in [6.45, 7) is 9.67. The Morgan fingerprint density at radius 2 is 1.94 bits per heavy atom. The minimum absolute atomic E-state index is 0.561. The molecule has 2 rings (SSSR count). The molecule has 0 atom stereocenters. The number of nitrogens with one attached hydrogen (secondary N) is 2. The first-order valence-electron chi connectivity index (χ1n) is 6.75. The molecule has 0 aliphatic carbocycles. The van der Waals surface area contributed by atoms with Gasteiger partial charge in [-0.15, -0.1) is 0 Å². The van der Waals surface area contributed by atoms with Crippen molar-refractivity contribution in [3.05, 3.63) is 29.1 Å². The lowest BCUT2D eigenvalue weighted by molar-refractivity contribution is 0.567. The maximum absolute atomic E-state index is 4.65. The van der Waals surface area contributed by atoms with Crippen LogP contribution in [0.15, 0.2) is 12.1 Å². The van der Waals surface area contributed by atoms with E-state index in [1.54, 1.807) is 0 Å². The average Bonchev–Trinajstić information content (AvgIpc) is 2.67. The van der Waals surface area contributed by atoms with Crippen molar-refractivity contribution in [2.24, 2.45) is 0 Å². The summed E-state index contributed by atoms with van der Waals surface area (Å²) in [6.07, 6.45) is 2.13. The number of hydrogen-bond donors (Lipinski definition) is 2. The highest BCUT2D eigenvalue weighted by atomic mass is 14.9. The molecule has 0 amide bonds. The molecular formula is C15H23N3. The molecule has 98 valence electrons. The van der Waals surface area contributed by atoms with E-state index in [1.807, 2.05) is 0 Å². The number of nitrogens with zero attached hydrogens (tertiary/aromatic N) is 1. The summed E-state index contributed by atoms with van der Waals surface area (Å²) in [5.41, 5.74) is 4.87. The molecule has 1 aromatic heterocycles. The first-order chi connectivity index (χ1) is 8.56. The maximum Gasteiger partial charge on any atom is 0.107 e. The zero-order chi connectivity index (χ0) is 13.1. The molecule has 3 heteroatoms. The molecule has 0 unspecified atom stereocenters. The lowest BCUT2D eigenvalue weighted by Crippen LogP contribution is -2.24. The minimum atomic E-state index is 0.561. The smallest absolute Gasteiger partial charge is 0.107 e. The average molecular weight is 245 g/mol. The van der Waals surface area contributed by atoms with E-state index in [1.165, 1.54) is 11.1 Å². The van der Waals surface area contributed by atoms with Gasteiger partial charge in [0.05, 0.1) is 11.0 Å². The highest BCUT2D eigenvalue weighted by Crippen LogP contribution is 2.17. The molecule has 0 spiro atoms. The maximum atomic E-state index is 4.65. The van der Waals surface area contributed by atoms with Crippen LogP contribution >= 0.6 is 0 Å². The number of fused-ring (bicyclic) bond motifs is 1. The van der Waals surface area contributed by atoms with Crippen molar-refractivity contribution in [1.29, 1.82) is 0 Å². The van der Waals surface area contributed by atoms with E-state index in [0.717, 1.165) is 36.2 Å². The molecule has 0 aliphatic rings. The van der Waals surface area contributed by atoms with E-state index in [-0.39, 0.29) is 0 Å². The Labute approximate surface area is 109 Å². The summed E-state index contributed by atoms with van der Waals surface area (Å²) < 4.78 is 0. The van der Waals surface area contributed by atoms with Gasteiger partial charge in [-0.25, -0.2) is 4.98 Å². The molecule has 0 saturated carbocycles. The van der Waals surface area contributed by atoms with Gasteiger partial charge in [0.1, 0.15) is 5.82 Å². The van der Waals surface area contributed by atoms with Crippen LogP contribution in [0.2, 0.25) is 0 Å². The zero-order valence-electron chi connectivity index (χ0n) is 11.8. The van der Waals surface area contributed by atoms with Crippen molar-refractivity contribution >= 4 is 11.0 Å². The van der Waals surface area contributed by atoms with Crippen LogP contribution in [0, 0.1) is 13.8 Å². The number of hydrogen-bond acceptors (Lipinski definition) is 2. The van der Waals surface area contributed by atoms with Gasteiger partial charge in [-0.2, -0.15) is 0 Å². The Hall–Kier alpha value is -1.35. The Bertz CT molecular complexity index is 487. The molecule has 0 aliphatic heterocycles. The van der Waals surface area contributed by atoms with Crippen LogP contribution in [0.25, 0.3) is 11.0 Å². The predicted molar refractivity (Wildman–Crippen MR) is 77.0 cm³/mol. The Morgan fingerprint density at radius 3 is 2.67 bits per heavy atom. The normalized spacial score (nSPS) is 11.6. The lowest BCUT2D eigenvalue weighted by atomic mass is 10.1. The van der Waals surface area contributed by atoms with Gasteiger partial charge in [0.15, 0.2) is 0 Å². The summed E-state index contributed by atoms with van der Waals surface area (Å²) in [5, 5.41) is 3.43. The van der Waals surface area contributed by atoms with E-state index in [4.69, 9.17) is 0 Å². The molecule has 2 aromatic rings. The van der Waals surface area contributed by atoms with E-state index in [0.29, 0.717) is 6.04 Å². The fraction of sp³-hybridized carbons (Fsp3) is 0.533. The van der Waals surface area contributed by atoms with Crippen LogP contribution in [0.3, 0.4) is 0 Å². The number of imidazole rings is 1. The highest BCUT2D eigenvalue weighted by molar-refractivity contribution is 5.77. The van der Waals surface area contributed by atoms with Crippen LogP contribution < -0.4 is 5.32 Å². The lowest BCUT2D eigenvalue weighted by Gasteiger charge is -2.06. The molecule has 2 N–H and O–H groups in total. The zero-order valence-corrected chi connectivity index (χ0v) is 11.8. The van der Waals surface area contributed by atoms with Crippen LogP contribution in [0.5, 0.6) is 0 Å². The number of H-pyrrole nitrogens is 1. The molecule has 0 radical (unpaired) electrons. The summed E-state index contributed by atoms with van der Waals surface area (Å²) in [7, 11) is 0. The molecule has 0 fully saturated rings. The highest BCUT2D eigenvalue weighted by Gasteiger charge is 2.04. The second-order valence-corrected chi connectivity index (χ2v) is 5.35. The standard InChI is InChI=1S/C15H23N3/c1-10(2)16-7-5-6-15-17-13-8-11(3)12(4)9-14(13)18-15/h8-10,16H,5-7H2,1-4H3,(H,17,18). The third-order valence-electron chi connectivity index (χ3n) is 3.29. The fourth-order valence-corrected chi connectivity index (χ4v) is 2.09. The van der Waals surface area contributed by atoms with Crippen molar-refractivity contribution in [1.82, 2.24) is 15.3 Å². The van der Waals surface area contributed by atoms with Gasteiger partial charge >= 0.3 is 0 Å². The Balaban J connectivity index is 2.02. The molecule has 0 saturated heterocycles. The molecule has 18 heavy (non-hydrogen) atoms. The second-order valence-electron chi connectivity index (χ2n) is 5.35. The van der Waals surface area contributed by atoms with Crippen LogP contribution in [-0.4, -0.2) is 22.6 Å². The number of benzene rings is 1. The van der Waals surface area contributed by atoms with Gasteiger partial charge in [-0.3, -0.25) is 0 Å². The number of aryl methyl sites for hydroxylation is 3. The summed E-state index contributed by atoms with van der Waals surface area (Å²) in [4.78, 5) is 8.06. The van der Waals surface area contributed by atoms with Crippen molar-refractivity contribution in [2.75, 3.05) is 6.54 Å². The van der Waals surface area contributed by atoms with Gasteiger partial charge in [-0.1, -0.05) is 13.8 Å². The Morgan fingerprint density at radius 1 is 1.22 bits per heavy atom. The Kier molecular flexibility index (Phi) is 4.02. The summed E-state index contributed by atoms with van der Waals surface area (Å²) in [6, 6.07) is 4.91. The molecule has 1 aromatic carbocycles. The van der Waals surface area contributed by atoms with Gasteiger partial charge in [0.2, 0.25) is 0 Å². The van der Waals surface area contributed by atoms with Gasteiger partial charge < -0.3 is 10.3 Å². The second kappa shape index (κ2) is 5.53. The summed E-state index contributed by atoms with van der Waals surface area (Å²) >= 11 is 0. The van der Waals surface area contributed by atoms with Crippen molar-refractivity contribution < 1.29 is 0 Å². The first kappa shape index (κ1) is 13.1. The van der Waals surface area contributed by atoms with E-state index in [9.17, 15) is 0 Å². The monoisotopic (exact) mass is 245 g/mol. The topological polar surface area (TPSA) is 40.7 Å². The van der Waals surface area contributed by atoms with E-state index < -0.39 is 0 Å². The molecular weight excluding hydrogens is 222 g/mol. The van der Waals surface area contributed by atoms with E-state index in [2.05, 4.69) is 55.1 Å². The van der Waals surface area contributed by atoms with Gasteiger partial charge in [-0.05, 0) is 50.1 Å². The van der Waals surface area contributed by atoms with Gasteiger partial charge in [0, 0.05) is 12.5 Å². The largest absolute Gasteiger partial charge is 0.342 e. The van der Waals surface area contributed by atoms with Crippen LogP contribution in [0.4, 0.5) is 0 Å². The van der Waals surface area contributed by atoms with Gasteiger partial charge in [0.25, 0.3) is 0 Å². The predicted octanol–water partition coefficient (Wildman–Crippen LogP) is 3.11. The quantitative estimate of drug-likeness (QED) is 0.795. The first-order valence-corrected chi connectivity index (χ1v) is 6.75. The van der Waals surface area contributed by atoms with Crippen LogP contribution in [0.1, 0.15) is 37.2 Å². The SMILES string of the molecule is Cc1cc2nc(CCCNC(C)C)[nH]c2cc1C. The third-order valence-corrected chi connectivity index (χ3v) is 3.29. The number of aromatic nitrogens is 2. The summed E-state index contributed by atoms with van der Waals surface area (Å²) in [5.74, 6) is 1.10. The number of rotatable bonds is 5. The minimum Gasteiger partial charge on any atom is -0.342 e. The molecule has 3 nitrogen and oxygen atoms in total. The molecule has 1 heterocycles. The van der Waals surface area contributed by atoms with Crippen LogP contribution in [-0.2, 0) is 6.42 Å². The van der Waals surface area contributed by atoms with Crippen molar-refractivity contribution in [3.8, 4) is 0 Å².